The van der Waals surface area contributed by atoms with Gasteiger partial charge < -0.3 is 4.74 Å². The number of nitrogens with zero attached hydrogens (tertiary/aromatic N) is 1. The van der Waals surface area contributed by atoms with Crippen LogP contribution in [0.5, 0.6) is 0 Å². The number of halogens is 1. The molecule has 1 heterocycles. The molecular formula is C15H16ClNO. The highest BCUT2D eigenvalue weighted by atomic mass is 35.5. The van der Waals surface area contributed by atoms with E-state index in [2.05, 4.69) is 16.8 Å². The van der Waals surface area contributed by atoms with Gasteiger partial charge >= 0.3 is 0 Å². The maximum absolute atomic E-state index is 6.22. The Morgan fingerprint density at radius 3 is 2.94 bits per heavy atom. The molecule has 3 heteroatoms. The van der Waals surface area contributed by atoms with Crippen LogP contribution in [0, 0.1) is 17.3 Å². The molecule has 1 aromatic rings. The lowest BCUT2D eigenvalue weighted by atomic mass is 9.95. The Morgan fingerprint density at radius 1 is 1.44 bits per heavy atom. The van der Waals surface area contributed by atoms with Gasteiger partial charge in [0.2, 0.25) is 0 Å². The van der Waals surface area contributed by atoms with Crippen LogP contribution in [0.3, 0.4) is 0 Å². The van der Waals surface area contributed by atoms with Gasteiger partial charge in [0.25, 0.3) is 0 Å². The molecule has 0 saturated carbocycles. The Morgan fingerprint density at radius 2 is 2.22 bits per heavy atom. The van der Waals surface area contributed by atoms with Crippen LogP contribution >= 0.6 is 11.6 Å². The van der Waals surface area contributed by atoms with E-state index in [4.69, 9.17) is 16.3 Å². The smallest absolute Gasteiger partial charge is 0.0646 e. The van der Waals surface area contributed by atoms with E-state index >= 15 is 0 Å². The van der Waals surface area contributed by atoms with Gasteiger partial charge in [-0.25, -0.2) is 0 Å². The Kier molecular flexibility index (Phi) is 3.75. The molecule has 0 saturated heterocycles. The topological polar surface area (TPSA) is 21.6 Å². The van der Waals surface area contributed by atoms with Gasteiger partial charge in [-0.2, -0.15) is 0 Å². The van der Waals surface area contributed by atoms with Crippen molar-refractivity contribution in [3.05, 3.63) is 33.8 Å². The maximum atomic E-state index is 6.22. The summed E-state index contributed by atoms with van der Waals surface area (Å²) >= 11 is 6.22. The number of rotatable bonds is 2. The molecular weight excluding hydrogens is 246 g/mol. The van der Waals surface area contributed by atoms with E-state index in [1.54, 1.807) is 7.11 Å². The monoisotopic (exact) mass is 261 g/mol. The Hall–Kier alpha value is -1.30. The van der Waals surface area contributed by atoms with E-state index in [1.807, 2.05) is 32.2 Å². The first-order valence-electron chi connectivity index (χ1n) is 5.86. The van der Waals surface area contributed by atoms with Crippen molar-refractivity contribution in [2.45, 2.75) is 20.4 Å². The minimum absolute atomic E-state index is 0.173. The molecule has 18 heavy (non-hydrogen) atoms. The molecule has 0 fully saturated rings. The maximum Gasteiger partial charge on any atom is 0.0646 e. The Labute approximate surface area is 113 Å². The van der Waals surface area contributed by atoms with Crippen LogP contribution in [0.2, 0.25) is 5.02 Å². The lowest BCUT2D eigenvalue weighted by molar-refractivity contribution is 0.137. The number of aliphatic imine (C=N–C) groups is 1. The van der Waals surface area contributed by atoms with Crippen molar-refractivity contribution in [1.82, 2.24) is 0 Å². The molecule has 0 aromatic heterocycles. The number of fused-ring (bicyclic) bond motifs is 1. The Balaban J connectivity index is 2.29. The van der Waals surface area contributed by atoms with E-state index in [9.17, 15) is 0 Å². The SMILES string of the molecule is COCC(C)(C)C#Cc1cc2c(cc1Cl)C=NC2. The molecule has 0 unspecified atom stereocenters. The average Bonchev–Trinajstić information content (AvgIpc) is 2.72. The van der Waals surface area contributed by atoms with E-state index in [1.165, 1.54) is 5.56 Å². The molecule has 2 rings (SSSR count). The predicted molar refractivity (Wildman–Crippen MR) is 75.3 cm³/mol. The lowest BCUT2D eigenvalue weighted by Crippen LogP contribution is -2.15. The minimum Gasteiger partial charge on any atom is -0.383 e. The second-order valence-electron chi connectivity index (χ2n) is 5.07. The zero-order chi connectivity index (χ0) is 13.2. The van der Waals surface area contributed by atoms with Crippen molar-refractivity contribution < 1.29 is 4.74 Å². The van der Waals surface area contributed by atoms with E-state index in [0.717, 1.165) is 17.7 Å². The highest BCUT2D eigenvalue weighted by molar-refractivity contribution is 6.32. The standard InChI is InChI=1S/C15H16ClNO/c1-15(2,10-18-3)5-4-11-6-12-8-17-9-13(12)7-14(11)16/h6-7,9H,8,10H2,1-3H3. The normalized spacial score (nSPS) is 13.1. The summed E-state index contributed by atoms with van der Waals surface area (Å²) in [5.74, 6) is 6.36. The predicted octanol–water partition coefficient (Wildman–Crippen LogP) is 3.30. The molecule has 0 aliphatic carbocycles. The van der Waals surface area contributed by atoms with Crippen LogP contribution in [0.1, 0.15) is 30.5 Å². The number of hydrogen-bond acceptors (Lipinski definition) is 2. The van der Waals surface area contributed by atoms with Gasteiger partial charge in [-0.3, -0.25) is 4.99 Å². The summed E-state index contributed by atoms with van der Waals surface area (Å²) in [5, 5.41) is 0.683. The highest BCUT2D eigenvalue weighted by Crippen LogP contribution is 2.24. The first kappa shape index (κ1) is 13.1. The third kappa shape index (κ3) is 2.93. The quantitative estimate of drug-likeness (QED) is 0.749. The van der Waals surface area contributed by atoms with Gasteiger partial charge in [-0.1, -0.05) is 23.4 Å². The molecule has 2 nitrogen and oxygen atoms in total. The van der Waals surface area contributed by atoms with Gasteiger partial charge in [0, 0.05) is 24.3 Å². The van der Waals surface area contributed by atoms with Crippen molar-refractivity contribution in [2.24, 2.45) is 10.4 Å². The summed E-state index contributed by atoms with van der Waals surface area (Å²) in [6, 6.07) is 3.96. The summed E-state index contributed by atoms with van der Waals surface area (Å²) < 4.78 is 5.14. The van der Waals surface area contributed by atoms with Crippen LogP contribution in [0.15, 0.2) is 17.1 Å². The van der Waals surface area contributed by atoms with Crippen LogP contribution < -0.4 is 0 Å². The van der Waals surface area contributed by atoms with Crippen molar-refractivity contribution in [3.8, 4) is 11.8 Å². The molecule has 1 aromatic carbocycles. The van der Waals surface area contributed by atoms with Crippen LogP contribution in [0.25, 0.3) is 0 Å². The summed E-state index contributed by atoms with van der Waals surface area (Å²) in [5.41, 5.74) is 2.98. The third-order valence-electron chi connectivity index (χ3n) is 2.76. The summed E-state index contributed by atoms with van der Waals surface area (Å²) in [7, 11) is 1.68. The van der Waals surface area contributed by atoms with Crippen molar-refractivity contribution >= 4 is 17.8 Å². The number of hydrogen-bond donors (Lipinski definition) is 0. The third-order valence-corrected chi connectivity index (χ3v) is 3.07. The first-order chi connectivity index (χ1) is 8.52. The molecule has 0 spiro atoms. The molecule has 0 bridgehead atoms. The minimum atomic E-state index is -0.173. The number of benzene rings is 1. The zero-order valence-corrected chi connectivity index (χ0v) is 11.6. The molecule has 0 N–H and O–H groups in total. The first-order valence-corrected chi connectivity index (χ1v) is 6.24. The summed E-state index contributed by atoms with van der Waals surface area (Å²) in [4.78, 5) is 4.22. The van der Waals surface area contributed by atoms with E-state index in [0.29, 0.717) is 11.6 Å². The summed E-state index contributed by atoms with van der Waals surface area (Å²) in [6.45, 7) is 5.43. The summed E-state index contributed by atoms with van der Waals surface area (Å²) in [6.07, 6.45) is 1.85. The van der Waals surface area contributed by atoms with Crippen LogP contribution in [0.4, 0.5) is 0 Å². The number of ether oxygens (including phenoxy) is 1. The van der Waals surface area contributed by atoms with Gasteiger partial charge in [-0.15, -0.1) is 0 Å². The molecule has 0 atom stereocenters. The van der Waals surface area contributed by atoms with Gasteiger partial charge in [0.15, 0.2) is 0 Å². The molecule has 0 radical (unpaired) electrons. The second kappa shape index (κ2) is 5.14. The Bertz CT molecular complexity index is 550. The molecule has 0 amide bonds. The molecule has 94 valence electrons. The van der Waals surface area contributed by atoms with Crippen molar-refractivity contribution in [2.75, 3.05) is 13.7 Å². The van der Waals surface area contributed by atoms with Crippen LogP contribution in [-0.4, -0.2) is 19.9 Å². The van der Waals surface area contributed by atoms with Crippen molar-refractivity contribution in [1.29, 1.82) is 0 Å². The average molecular weight is 262 g/mol. The largest absolute Gasteiger partial charge is 0.383 e. The van der Waals surface area contributed by atoms with E-state index < -0.39 is 0 Å². The zero-order valence-electron chi connectivity index (χ0n) is 10.9. The number of methoxy groups -OCH3 is 1. The van der Waals surface area contributed by atoms with Gasteiger partial charge in [-0.05, 0) is 37.1 Å². The van der Waals surface area contributed by atoms with Crippen LogP contribution in [-0.2, 0) is 11.3 Å². The van der Waals surface area contributed by atoms with Gasteiger partial charge in [0.05, 0.1) is 18.2 Å². The fourth-order valence-corrected chi connectivity index (χ4v) is 2.08. The highest BCUT2D eigenvalue weighted by Gasteiger charge is 2.14. The fourth-order valence-electron chi connectivity index (χ4n) is 1.86. The lowest BCUT2D eigenvalue weighted by Gasteiger charge is -2.15. The van der Waals surface area contributed by atoms with E-state index in [-0.39, 0.29) is 5.41 Å². The fraction of sp³-hybridized carbons (Fsp3) is 0.400. The molecule has 1 aliphatic heterocycles. The molecule has 1 aliphatic rings. The van der Waals surface area contributed by atoms with Gasteiger partial charge in [0.1, 0.15) is 0 Å². The van der Waals surface area contributed by atoms with Crippen molar-refractivity contribution in [3.63, 3.8) is 0 Å². The second-order valence-corrected chi connectivity index (χ2v) is 5.47.